The molecule has 7 nitrogen and oxygen atoms in total. The zero-order valence-corrected chi connectivity index (χ0v) is 10.6. The molecule has 0 saturated heterocycles. The molecule has 0 aromatic carbocycles. The molecule has 7 heteroatoms. The minimum Gasteiger partial charge on any atom is -0.480 e. The number of anilines is 1. The Balaban J connectivity index is 2.73. The van der Waals surface area contributed by atoms with E-state index in [9.17, 15) is 4.79 Å². The Morgan fingerprint density at radius 1 is 1.56 bits per heavy atom. The van der Waals surface area contributed by atoms with E-state index in [1.54, 1.807) is 6.07 Å². The Morgan fingerprint density at radius 2 is 2.28 bits per heavy atom. The molecule has 100 valence electrons. The highest BCUT2D eigenvalue weighted by molar-refractivity contribution is 5.76. The van der Waals surface area contributed by atoms with Gasteiger partial charge in [-0.15, -0.1) is 0 Å². The maximum absolute atomic E-state index is 10.9. The zero-order chi connectivity index (χ0) is 13.5. The number of ether oxygens (including phenoxy) is 2. The van der Waals surface area contributed by atoms with Crippen LogP contribution in [0.25, 0.3) is 0 Å². The van der Waals surface area contributed by atoms with E-state index < -0.39 is 12.0 Å². The first-order chi connectivity index (χ1) is 8.52. The van der Waals surface area contributed by atoms with E-state index in [0.717, 1.165) is 0 Å². The number of methoxy groups -OCH3 is 1. The lowest BCUT2D eigenvalue weighted by atomic mass is 10.3. The Labute approximate surface area is 105 Å². The fourth-order valence-electron chi connectivity index (χ4n) is 1.22. The molecule has 0 saturated carbocycles. The minimum absolute atomic E-state index is 0.0120. The number of aromatic nitrogens is 2. The topological polar surface area (TPSA) is 93.6 Å². The van der Waals surface area contributed by atoms with Gasteiger partial charge in [0.25, 0.3) is 0 Å². The molecular weight excluding hydrogens is 238 g/mol. The number of rotatable bonds is 7. The number of nitrogens with one attached hydrogen (secondary N) is 1. The molecule has 0 spiro atoms. The summed E-state index contributed by atoms with van der Waals surface area (Å²) < 4.78 is 10.2. The Kier molecular flexibility index (Phi) is 5.31. The van der Waals surface area contributed by atoms with E-state index in [0.29, 0.717) is 5.88 Å². The summed E-state index contributed by atoms with van der Waals surface area (Å²) >= 11 is 0. The molecule has 1 aromatic rings. The van der Waals surface area contributed by atoms with Crippen LogP contribution in [0.1, 0.15) is 13.8 Å². The van der Waals surface area contributed by atoms with Gasteiger partial charge in [0, 0.05) is 19.4 Å². The van der Waals surface area contributed by atoms with Crippen molar-refractivity contribution in [1.82, 2.24) is 9.97 Å². The highest BCUT2D eigenvalue weighted by Crippen LogP contribution is 2.11. The maximum Gasteiger partial charge on any atom is 0.328 e. The van der Waals surface area contributed by atoms with Gasteiger partial charge in [-0.05, 0) is 13.8 Å². The van der Waals surface area contributed by atoms with Crippen LogP contribution in [0.2, 0.25) is 0 Å². The first kappa shape index (κ1) is 14.2. The summed E-state index contributed by atoms with van der Waals surface area (Å²) in [6.45, 7) is 3.77. The number of carboxylic acids is 1. The van der Waals surface area contributed by atoms with Crippen LogP contribution in [-0.4, -0.2) is 46.9 Å². The van der Waals surface area contributed by atoms with Crippen molar-refractivity contribution in [3.05, 3.63) is 12.3 Å². The molecule has 1 rings (SSSR count). The minimum atomic E-state index is -1.03. The fraction of sp³-hybridized carbons (Fsp3) is 0.545. The number of carbonyl (C=O) groups is 1. The third kappa shape index (κ3) is 4.54. The lowest BCUT2D eigenvalue weighted by Crippen LogP contribution is -2.34. The van der Waals surface area contributed by atoms with Crippen LogP contribution >= 0.6 is 0 Å². The highest BCUT2D eigenvalue weighted by Gasteiger charge is 2.18. The second kappa shape index (κ2) is 6.75. The summed E-state index contributed by atoms with van der Waals surface area (Å²) in [7, 11) is 1.43. The molecule has 0 aliphatic carbocycles. The van der Waals surface area contributed by atoms with Gasteiger partial charge in [-0.25, -0.2) is 9.78 Å². The van der Waals surface area contributed by atoms with Crippen molar-refractivity contribution in [2.24, 2.45) is 0 Å². The fourth-order valence-corrected chi connectivity index (χ4v) is 1.22. The second-order valence-corrected chi connectivity index (χ2v) is 3.88. The summed E-state index contributed by atoms with van der Waals surface area (Å²) in [5.74, 6) is -0.447. The summed E-state index contributed by atoms with van der Waals surface area (Å²) in [6, 6.07) is 0.710. The Morgan fingerprint density at radius 3 is 2.83 bits per heavy atom. The van der Waals surface area contributed by atoms with Crippen molar-refractivity contribution in [2.45, 2.75) is 26.0 Å². The van der Waals surface area contributed by atoms with E-state index in [2.05, 4.69) is 15.3 Å². The van der Waals surface area contributed by atoms with Crippen LogP contribution in [0.15, 0.2) is 12.3 Å². The average molecular weight is 255 g/mol. The largest absolute Gasteiger partial charge is 0.480 e. The van der Waals surface area contributed by atoms with E-state index in [4.69, 9.17) is 14.6 Å². The molecule has 0 amide bonds. The van der Waals surface area contributed by atoms with Gasteiger partial charge in [-0.3, -0.25) is 0 Å². The van der Waals surface area contributed by atoms with E-state index in [-0.39, 0.29) is 18.7 Å². The molecule has 0 radical (unpaired) electrons. The Hall–Kier alpha value is -1.89. The third-order valence-electron chi connectivity index (χ3n) is 1.92. The summed E-state index contributed by atoms with van der Waals surface area (Å²) in [5.41, 5.74) is 0. The van der Waals surface area contributed by atoms with Crippen LogP contribution in [0.4, 0.5) is 5.95 Å². The molecule has 2 N–H and O–H groups in total. The number of nitrogens with zero attached hydrogens (tertiary/aromatic N) is 2. The maximum atomic E-state index is 10.9. The van der Waals surface area contributed by atoms with Crippen LogP contribution in [0, 0.1) is 0 Å². The van der Waals surface area contributed by atoms with Gasteiger partial charge >= 0.3 is 5.97 Å². The monoisotopic (exact) mass is 255 g/mol. The van der Waals surface area contributed by atoms with Crippen molar-refractivity contribution in [2.75, 3.05) is 19.0 Å². The van der Waals surface area contributed by atoms with Crippen molar-refractivity contribution in [3.63, 3.8) is 0 Å². The van der Waals surface area contributed by atoms with Crippen LogP contribution in [0.5, 0.6) is 5.88 Å². The van der Waals surface area contributed by atoms with Gasteiger partial charge in [0.05, 0.1) is 12.7 Å². The van der Waals surface area contributed by atoms with Gasteiger partial charge in [0.15, 0.2) is 6.04 Å². The molecule has 1 aromatic heterocycles. The summed E-state index contributed by atoms with van der Waals surface area (Å²) in [6.07, 6.45) is 1.49. The van der Waals surface area contributed by atoms with Gasteiger partial charge in [0.1, 0.15) is 0 Å². The second-order valence-electron chi connectivity index (χ2n) is 3.88. The van der Waals surface area contributed by atoms with E-state index in [1.165, 1.54) is 13.3 Å². The predicted octanol–water partition coefficient (Wildman–Crippen LogP) is 0.775. The Bertz CT molecular complexity index is 398. The standard InChI is InChI=1S/C11H17N3O4/c1-7(2)18-9-4-5-12-11(14-9)13-8(6-17-3)10(15)16/h4-5,7-8H,6H2,1-3H3,(H,15,16)(H,12,13,14). The van der Waals surface area contributed by atoms with Crippen molar-refractivity contribution in [3.8, 4) is 5.88 Å². The van der Waals surface area contributed by atoms with Gasteiger partial charge in [-0.1, -0.05) is 0 Å². The van der Waals surface area contributed by atoms with Crippen LogP contribution in [-0.2, 0) is 9.53 Å². The molecule has 0 bridgehead atoms. The first-order valence-corrected chi connectivity index (χ1v) is 5.51. The highest BCUT2D eigenvalue weighted by atomic mass is 16.5. The van der Waals surface area contributed by atoms with Crippen LogP contribution in [0.3, 0.4) is 0 Å². The number of carboxylic acid groups (broad SMARTS) is 1. The van der Waals surface area contributed by atoms with E-state index in [1.807, 2.05) is 13.8 Å². The number of aliphatic carboxylic acids is 1. The smallest absolute Gasteiger partial charge is 0.328 e. The zero-order valence-electron chi connectivity index (χ0n) is 10.6. The van der Waals surface area contributed by atoms with Crippen molar-refractivity contribution >= 4 is 11.9 Å². The predicted molar refractivity (Wildman–Crippen MR) is 64.7 cm³/mol. The number of hydrogen-bond donors (Lipinski definition) is 2. The third-order valence-corrected chi connectivity index (χ3v) is 1.92. The van der Waals surface area contributed by atoms with Gasteiger partial charge in [0.2, 0.25) is 11.8 Å². The number of hydrogen-bond acceptors (Lipinski definition) is 6. The quantitative estimate of drug-likeness (QED) is 0.743. The SMILES string of the molecule is COCC(Nc1nccc(OC(C)C)n1)C(=O)O. The van der Waals surface area contributed by atoms with Crippen LogP contribution < -0.4 is 10.1 Å². The molecule has 1 unspecified atom stereocenters. The van der Waals surface area contributed by atoms with Gasteiger partial charge < -0.3 is 19.9 Å². The molecular formula is C11H17N3O4. The molecule has 18 heavy (non-hydrogen) atoms. The summed E-state index contributed by atoms with van der Waals surface area (Å²) in [4.78, 5) is 18.9. The molecule has 0 aliphatic heterocycles. The summed E-state index contributed by atoms with van der Waals surface area (Å²) in [5, 5.41) is 11.6. The first-order valence-electron chi connectivity index (χ1n) is 5.51. The average Bonchev–Trinajstić information content (AvgIpc) is 2.28. The molecule has 1 atom stereocenters. The molecule has 0 aliphatic rings. The molecule has 0 fully saturated rings. The van der Waals surface area contributed by atoms with E-state index >= 15 is 0 Å². The van der Waals surface area contributed by atoms with Crippen molar-refractivity contribution in [1.29, 1.82) is 0 Å². The van der Waals surface area contributed by atoms with Crippen molar-refractivity contribution < 1.29 is 19.4 Å². The lowest BCUT2D eigenvalue weighted by molar-refractivity contribution is -0.139. The molecule has 1 heterocycles. The lowest BCUT2D eigenvalue weighted by Gasteiger charge is -2.14. The normalized spacial score (nSPS) is 12.2. The van der Waals surface area contributed by atoms with Gasteiger partial charge in [-0.2, -0.15) is 4.98 Å².